The first-order valence-corrected chi connectivity index (χ1v) is 11.6. The quantitative estimate of drug-likeness (QED) is 0.340. The van der Waals surface area contributed by atoms with Gasteiger partial charge in [0.1, 0.15) is 17.9 Å². The molecule has 3 heterocycles. The first-order chi connectivity index (χ1) is 17.0. The lowest BCUT2D eigenvalue weighted by Crippen LogP contribution is -2.22. The van der Waals surface area contributed by atoms with E-state index < -0.39 is 0 Å². The van der Waals surface area contributed by atoms with E-state index in [1.54, 1.807) is 28.6 Å². The molecule has 0 radical (unpaired) electrons. The standard InChI is InChI=1S/C28H27N5O2/c1-19(2)23-9-4-5-10-24(23)26-30-16-25-27(31-26)33(28(34)32(25)3)17-20-11-13-22(14-12-20)35-18-21-8-6-7-15-29-21/h4-16,19H,17-18H2,1-3H3. The molecular formula is C28H27N5O2. The molecule has 35 heavy (non-hydrogen) atoms. The third-order valence-electron chi connectivity index (χ3n) is 6.09. The molecule has 7 nitrogen and oxygen atoms in total. The van der Waals surface area contributed by atoms with Crippen molar-refractivity contribution in [3.8, 4) is 17.1 Å². The van der Waals surface area contributed by atoms with Gasteiger partial charge in [0.05, 0.1) is 18.4 Å². The number of benzene rings is 2. The molecule has 0 bridgehead atoms. The van der Waals surface area contributed by atoms with Crippen LogP contribution in [0.15, 0.2) is 83.9 Å². The lowest BCUT2D eigenvalue weighted by atomic mass is 9.97. The van der Waals surface area contributed by atoms with Gasteiger partial charge in [-0.15, -0.1) is 0 Å². The van der Waals surface area contributed by atoms with Crippen LogP contribution in [0, 0.1) is 0 Å². The van der Waals surface area contributed by atoms with Crippen molar-refractivity contribution < 1.29 is 4.74 Å². The fourth-order valence-corrected chi connectivity index (χ4v) is 4.17. The summed E-state index contributed by atoms with van der Waals surface area (Å²) in [6, 6.07) is 21.7. The SMILES string of the molecule is CC(C)c1ccccc1-c1ncc2c(n1)n(Cc1ccc(OCc3ccccn3)cc1)c(=O)n2C. The van der Waals surface area contributed by atoms with Crippen molar-refractivity contribution in [2.24, 2.45) is 7.05 Å². The van der Waals surface area contributed by atoms with Gasteiger partial charge in [-0.25, -0.2) is 14.8 Å². The summed E-state index contributed by atoms with van der Waals surface area (Å²) in [4.78, 5) is 26.8. The number of imidazole rings is 1. The smallest absolute Gasteiger partial charge is 0.330 e. The van der Waals surface area contributed by atoms with E-state index in [2.05, 4.69) is 29.9 Å². The average molecular weight is 466 g/mol. The van der Waals surface area contributed by atoms with Crippen LogP contribution >= 0.6 is 0 Å². The topological polar surface area (TPSA) is 74.8 Å². The van der Waals surface area contributed by atoms with Crippen molar-refractivity contribution in [1.82, 2.24) is 24.1 Å². The van der Waals surface area contributed by atoms with E-state index in [0.717, 1.165) is 22.6 Å². The molecule has 0 atom stereocenters. The molecular weight excluding hydrogens is 438 g/mol. The van der Waals surface area contributed by atoms with Gasteiger partial charge >= 0.3 is 5.69 Å². The Morgan fingerprint density at radius 2 is 1.71 bits per heavy atom. The van der Waals surface area contributed by atoms with Crippen molar-refractivity contribution in [1.29, 1.82) is 0 Å². The lowest BCUT2D eigenvalue weighted by Gasteiger charge is -2.11. The Balaban J connectivity index is 1.44. The highest BCUT2D eigenvalue weighted by molar-refractivity contribution is 5.74. The molecule has 0 saturated heterocycles. The van der Waals surface area contributed by atoms with Gasteiger partial charge in [-0.3, -0.25) is 14.1 Å². The molecule has 7 heteroatoms. The van der Waals surface area contributed by atoms with E-state index in [0.29, 0.717) is 36.1 Å². The van der Waals surface area contributed by atoms with E-state index in [4.69, 9.17) is 9.72 Å². The summed E-state index contributed by atoms with van der Waals surface area (Å²) in [6.07, 6.45) is 3.49. The Kier molecular flexibility index (Phi) is 6.14. The Labute approximate surface area is 203 Å². The van der Waals surface area contributed by atoms with Crippen LogP contribution in [-0.2, 0) is 20.2 Å². The van der Waals surface area contributed by atoms with Crippen LogP contribution in [0.2, 0.25) is 0 Å². The van der Waals surface area contributed by atoms with Crippen molar-refractivity contribution in [2.45, 2.75) is 32.9 Å². The maximum atomic E-state index is 13.1. The van der Waals surface area contributed by atoms with Crippen LogP contribution in [0.4, 0.5) is 0 Å². The molecule has 5 aromatic rings. The average Bonchev–Trinajstić information content (AvgIpc) is 3.13. The first kappa shape index (κ1) is 22.5. The van der Waals surface area contributed by atoms with Crippen LogP contribution in [0.3, 0.4) is 0 Å². The summed E-state index contributed by atoms with van der Waals surface area (Å²) in [7, 11) is 1.75. The minimum absolute atomic E-state index is 0.126. The molecule has 0 unspecified atom stereocenters. The monoisotopic (exact) mass is 465 g/mol. The Morgan fingerprint density at radius 3 is 2.46 bits per heavy atom. The largest absolute Gasteiger partial charge is 0.487 e. The number of hydrogen-bond acceptors (Lipinski definition) is 5. The second-order valence-electron chi connectivity index (χ2n) is 8.83. The molecule has 0 N–H and O–H groups in total. The van der Waals surface area contributed by atoms with Gasteiger partial charge in [-0.2, -0.15) is 0 Å². The van der Waals surface area contributed by atoms with Crippen molar-refractivity contribution in [2.75, 3.05) is 0 Å². The number of pyridine rings is 1. The third-order valence-corrected chi connectivity index (χ3v) is 6.09. The van der Waals surface area contributed by atoms with Crippen LogP contribution in [-0.4, -0.2) is 24.1 Å². The Morgan fingerprint density at radius 1 is 0.943 bits per heavy atom. The molecule has 0 aliphatic rings. The normalized spacial score (nSPS) is 11.3. The van der Waals surface area contributed by atoms with E-state index >= 15 is 0 Å². The zero-order valence-corrected chi connectivity index (χ0v) is 20.0. The van der Waals surface area contributed by atoms with Gasteiger partial charge in [0.15, 0.2) is 11.5 Å². The minimum atomic E-state index is -0.126. The summed E-state index contributed by atoms with van der Waals surface area (Å²) in [5, 5.41) is 0. The molecule has 2 aromatic carbocycles. The van der Waals surface area contributed by atoms with E-state index in [-0.39, 0.29) is 5.69 Å². The number of rotatable bonds is 7. The van der Waals surface area contributed by atoms with Crippen LogP contribution in [0.25, 0.3) is 22.6 Å². The maximum absolute atomic E-state index is 13.1. The van der Waals surface area contributed by atoms with Crippen molar-refractivity contribution >= 4 is 11.2 Å². The molecule has 0 saturated carbocycles. The maximum Gasteiger partial charge on any atom is 0.330 e. The Hall–Kier alpha value is -4.26. The van der Waals surface area contributed by atoms with Gasteiger partial charge in [0.25, 0.3) is 0 Å². The van der Waals surface area contributed by atoms with Gasteiger partial charge in [0.2, 0.25) is 0 Å². The molecule has 0 fully saturated rings. The second kappa shape index (κ2) is 9.54. The number of hydrogen-bond donors (Lipinski definition) is 0. The fourth-order valence-electron chi connectivity index (χ4n) is 4.17. The number of fused-ring (bicyclic) bond motifs is 1. The highest BCUT2D eigenvalue weighted by Crippen LogP contribution is 2.27. The van der Waals surface area contributed by atoms with Gasteiger partial charge in [-0.1, -0.05) is 56.3 Å². The molecule has 3 aromatic heterocycles. The zero-order chi connectivity index (χ0) is 24.4. The van der Waals surface area contributed by atoms with E-state index in [9.17, 15) is 4.79 Å². The summed E-state index contributed by atoms with van der Waals surface area (Å²) in [5.41, 5.74) is 5.22. The van der Waals surface area contributed by atoms with Gasteiger partial charge < -0.3 is 4.74 Å². The summed E-state index contributed by atoms with van der Waals surface area (Å²) >= 11 is 0. The van der Waals surface area contributed by atoms with Crippen LogP contribution < -0.4 is 10.4 Å². The van der Waals surface area contributed by atoms with E-state index in [1.165, 1.54) is 5.56 Å². The predicted molar refractivity (Wildman–Crippen MR) is 136 cm³/mol. The van der Waals surface area contributed by atoms with Gasteiger partial charge in [-0.05, 0) is 41.3 Å². The number of aryl methyl sites for hydroxylation is 1. The fraction of sp³-hybridized carbons (Fsp3) is 0.214. The summed E-state index contributed by atoms with van der Waals surface area (Å²) in [5.74, 6) is 1.71. The molecule has 0 aliphatic carbocycles. The number of nitrogens with zero attached hydrogens (tertiary/aromatic N) is 5. The lowest BCUT2D eigenvalue weighted by molar-refractivity contribution is 0.301. The van der Waals surface area contributed by atoms with Gasteiger partial charge in [0, 0.05) is 18.8 Å². The Bertz CT molecular complexity index is 1520. The van der Waals surface area contributed by atoms with Crippen molar-refractivity contribution in [3.05, 3.63) is 106 Å². The summed E-state index contributed by atoms with van der Waals surface area (Å²) in [6.45, 7) is 5.11. The minimum Gasteiger partial charge on any atom is -0.487 e. The van der Waals surface area contributed by atoms with Crippen molar-refractivity contribution in [3.63, 3.8) is 0 Å². The highest BCUT2D eigenvalue weighted by atomic mass is 16.5. The second-order valence-corrected chi connectivity index (χ2v) is 8.83. The molecule has 0 spiro atoms. The number of aromatic nitrogens is 5. The molecule has 0 amide bonds. The molecule has 0 aliphatic heterocycles. The highest BCUT2D eigenvalue weighted by Gasteiger charge is 2.17. The zero-order valence-electron chi connectivity index (χ0n) is 20.0. The predicted octanol–water partition coefficient (Wildman–Crippen LogP) is 4.94. The summed E-state index contributed by atoms with van der Waals surface area (Å²) < 4.78 is 9.13. The third kappa shape index (κ3) is 4.57. The molecule has 5 rings (SSSR count). The van der Waals surface area contributed by atoms with Crippen LogP contribution in [0.5, 0.6) is 5.75 Å². The van der Waals surface area contributed by atoms with Crippen LogP contribution in [0.1, 0.15) is 36.6 Å². The van der Waals surface area contributed by atoms with E-state index in [1.807, 2.05) is 60.7 Å². The number of ether oxygens (including phenoxy) is 1. The first-order valence-electron chi connectivity index (χ1n) is 11.6. The molecule has 176 valence electrons.